The molecule has 0 aromatic carbocycles. The van der Waals surface area contributed by atoms with E-state index < -0.39 is 23.5 Å². The van der Waals surface area contributed by atoms with Crippen LogP contribution in [-0.4, -0.2) is 40.2 Å². The summed E-state index contributed by atoms with van der Waals surface area (Å²) in [4.78, 5) is 29.9. The molecule has 1 amide bonds. The Morgan fingerprint density at radius 3 is 2.48 bits per heavy atom. The zero-order chi connectivity index (χ0) is 16.2. The normalized spacial score (nSPS) is 25.0. The molecule has 1 aliphatic heterocycles. The number of esters is 1. The van der Waals surface area contributed by atoms with Crippen molar-refractivity contribution in [1.29, 1.82) is 0 Å². The van der Waals surface area contributed by atoms with Crippen LogP contribution >= 0.6 is 0 Å². The van der Waals surface area contributed by atoms with E-state index in [0.29, 0.717) is 17.9 Å². The van der Waals surface area contributed by atoms with E-state index in [4.69, 9.17) is 9.57 Å². The van der Waals surface area contributed by atoms with Gasteiger partial charge >= 0.3 is 11.7 Å². The molecule has 1 rings (SSSR count). The predicted octanol–water partition coefficient (Wildman–Crippen LogP) is 1.94. The van der Waals surface area contributed by atoms with E-state index in [1.807, 2.05) is 13.8 Å². The van der Waals surface area contributed by atoms with Crippen molar-refractivity contribution in [3.63, 3.8) is 0 Å². The maximum absolute atomic E-state index is 12.3. The first-order valence-corrected chi connectivity index (χ1v) is 7.33. The second kappa shape index (κ2) is 6.89. The molecule has 0 saturated carbocycles. The standard InChI is InChI=1S/C14H24N2O5/c1-6-9(4)11-12(17)16(19)14(21-15-11,10(5)7-2)13(18)20-8-3/h9-10,19H,6-8H2,1-5H3/t9-,10-,14-/m0/s1. The summed E-state index contributed by atoms with van der Waals surface area (Å²) in [7, 11) is 0. The van der Waals surface area contributed by atoms with Gasteiger partial charge in [-0.05, 0) is 19.8 Å². The molecule has 0 radical (unpaired) electrons. The number of hydroxylamine groups is 2. The lowest BCUT2D eigenvalue weighted by atomic mass is 9.92. The first kappa shape index (κ1) is 17.4. The molecule has 0 unspecified atom stereocenters. The van der Waals surface area contributed by atoms with Gasteiger partial charge < -0.3 is 9.57 Å². The summed E-state index contributed by atoms with van der Waals surface area (Å²) in [5.74, 6) is -2.19. The summed E-state index contributed by atoms with van der Waals surface area (Å²) in [6, 6.07) is 0. The van der Waals surface area contributed by atoms with E-state index in [1.54, 1.807) is 20.8 Å². The molecule has 0 saturated heterocycles. The van der Waals surface area contributed by atoms with Crippen molar-refractivity contribution in [1.82, 2.24) is 5.06 Å². The zero-order valence-electron chi connectivity index (χ0n) is 13.3. The molecule has 0 aromatic rings. The van der Waals surface area contributed by atoms with Crippen molar-refractivity contribution in [2.75, 3.05) is 6.61 Å². The predicted molar refractivity (Wildman–Crippen MR) is 75.4 cm³/mol. The second-order valence-corrected chi connectivity index (χ2v) is 5.22. The van der Waals surface area contributed by atoms with Crippen LogP contribution in [0.1, 0.15) is 47.5 Å². The van der Waals surface area contributed by atoms with Crippen molar-refractivity contribution < 1.29 is 24.4 Å². The highest BCUT2D eigenvalue weighted by molar-refractivity contribution is 6.39. The molecule has 1 N–H and O–H groups in total. The van der Waals surface area contributed by atoms with Crippen LogP contribution in [-0.2, 0) is 19.2 Å². The van der Waals surface area contributed by atoms with Crippen molar-refractivity contribution >= 4 is 17.6 Å². The van der Waals surface area contributed by atoms with Crippen molar-refractivity contribution in [2.45, 2.75) is 53.2 Å². The van der Waals surface area contributed by atoms with E-state index in [1.165, 1.54) is 0 Å². The Hall–Kier alpha value is -1.63. The third kappa shape index (κ3) is 2.88. The highest BCUT2D eigenvalue weighted by Crippen LogP contribution is 2.33. The Labute approximate surface area is 124 Å². The number of rotatable bonds is 6. The first-order chi connectivity index (χ1) is 9.86. The van der Waals surface area contributed by atoms with Gasteiger partial charge in [0.05, 0.1) is 6.61 Å². The molecular formula is C14H24N2O5. The van der Waals surface area contributed by atoms with Gasteiger partial charge in [-0.2, -0.15) is 5.06 Å². The highest BCUT2D eigenvalue weighted by Gasteiger charge is 2.58. The fraction of sp³-hybridized carbons (Fsp3) is 0.786. The number of carbonyl (C=O) groups is 2. The monoisotopic (exact) mass is 300 g/mol. The minimum absolute atomic E-state index is 0.100. The van der Waals surface area contributed by atoms with Crippen LogP contribution in [0.2, 0.25) is 0 Å². The number of nitrogens with zero attached hydrogens (tertiary/aromatic N) is 2. The zero-order valence-corrected chi connectivity index (χ0v) is 13.3. The molecule has 0 aromatic heterocycles. The first-order valence-electron chi connectivity index (χ1n) is 7.33. The summed E-state index contributed by atoms with van der Waals surface area (Å²) < 4.78 is 4.96. The quantitative estimate of drug-likeness (QED) is 0.598. The van der Waals surface area contributed by atoms with Gasteiger partial charge in [0.2, 0.25) is 0 Å². The minimum atomic E-state index is -1.92. The molecule has 7 heteroatoms. The highest BCUT2D eigenvalue weighted by atomic mass is 16.7. The number of amides is 1. The van der Waals surface area contributed by atoms with E-state index in [-0.39, 0.29) is 18.2 Å². The molecular weight excluding hydrogens is 276 g/mol. The van der Waals surface area contributed by atoms with E-state index >= 15 is 0 Å². The van der Waals surface area contributed by atoms with Crippen molar-refractivity contribution in [2.24, 2.45) is 17.0 Å². The van der Waals surface area contributed by atoms with Gasteiger partial charge in [-0.3, -0.25) is 10.0 Å². The number of hydrogen-bond donors (Lipinski definition) is 1. The van der Waals surface area contributed by atoms with Crippen LogP contribution in [0.5, 0.6) is 0 Å². The molecule has 21 heavy (non-hydrogen) atoms. The van der Waals surface area contributed by atoms with Gasteiger partial charge in [0.25, 0.3) is 5.91 Å². The van der Waals surface area contributed by atoms with Gasteiger partial charge in [0.1, 0.15) is 5.71 Å². The summed E-state index contributed by atoms with van der Waals surface area (Å²) in [6.07, 6.45) is 1.16. The van der Waals surface area contributed by atoms with Crippen LogP contribution in [0.25, 0.3) is 0 Å². The molecule has 1 aliphatic rings. The SMILES string of the molecule is CCOC(=O)[C@]1([C@@H](C)CC)ON=C([C@@H](C)CC)C(=O)N1O. The van der Waals surface area contributed by atoms with Crippen molar-refractivity contribution in [3.05, 3.63) is 0 Å². The fourth-order valence-electron chi connectivity index (χ4n) is 2.08. The molecule has 3 atom stereocenters. The molecule has 120 valence electrons. The van der Waals surface area contributed by atoms with E-state index in [2.05, 4.69) is 5.16 Å². The minimum Gasteiger partial charge on any atom is -0.461 e. The Balaban J connectivity index is 3.26. The van der Waals surface area contributed by atoms with Gasteiger partial charge in [0.15, 0.2) is 0 Å². The summed E-state index contributed by atoms with van der Waals surface area (Å²) >= 11 is 0. The van der Waals surface area contributed by atoms with Gasteiger partial charge in [-0.1, -0.05) is 32.9 Å². The Kier molecular flexibility index (Phi) is 5.71. The summed E-state index contributed by atoms with van der Waals surface area (Å²) in [6.45, 7) is 8.96. The Morgan fingerprint density at radius 1 is 1.38 bits per heavy atom. The molecule has 0 fully saturated rings. The average molecular weight is 300 g/mol. The third-order valence-electron chi connectivity index (χ3n) is 3.94. The summed E-state index contributed by atoms with van der Waals surface area (Å²) in [5.41, 5.74) is -1.82. The summed E-state index contributed by atoms with van der Waals surface area (Å²) in [5, 5.41) is 14.4. The maximum atomic E-state index is 12.3. The molecule has 0 aliphatic carbocycles. The van der Waals surface area contributed by atoms with E-state index in [0.717, 1.165) is 0 Å². The van der Waals surface area contributed by atoms with E-state index in [9.17, 15) is 14.8 Å². The Bertz CT molecular complexity index is 437. The van der Waals surface area contributed by atoms with Gasteiger partial charge in [-0.25, -0.2) is 4.79 Å². The van der Waals surface area contributed by atoms with Crippen LogP contribution in [0.15, 0.2) is 5.16 Å². The molecule has 0 spiro atoms. The lowest BCUT2D eigenvalue weighted by Gasteiger charge is -2.41. The number of hydrogen-bond acceptors (Lipinski definition) is 6. The van der Waals surface area contributed by atoms with Crippen LogP contribution < -0.4 is 0 Å². The van der Waals surface area contributed by atoms with Gasteiger partial charge in [-0.15, -0.1) is 0 Å². The maximum Gasteiger partial charge on any atom is 0.377 e. The number of oxime groups is 1. The topological polar surface area (TPSA) is 88.4 Å². The fourth-order valence-corrected chi connectivity index (χ4v) is 2.08. The lowest BCUT2D eigenvalue weighted by molar-refractivity contribution is -0.289. The van der Waals surface area contributed by atoms with Crippen LogP contribution in [0, 0.1) is 11.8 Å². The molecule has 7 nitrogen and oxygen atoms in total. The number of ether oxygens (including phenoxy) is 1. The second-order valence-electron chi connectivity index (χ2n) is 5.22. The van der Waals surface area contributed by atoms with Crippen LogP contribution in [0.4, 0.5) is 0 Å². The average Bonchev–Trinajstić information content (AvgIpc) is 2.48. The van der Waals surface area contributed by atoms with Gasteiger partial charge in [0, 0.05) is 11.8 Å². The molecule has 0 bridgehead atoms. The molecule has 1 heterocycles. The lowest BCUT2D eigenvalue weighted by Crippen LogP contribution is -2.65. The number of carbonyl (C=O) groups excluding carboxylic acids is 2. The van der Waals surface area contributed by atoms with Crippen molar-refractivity contribution in [3.8, 4) is 0 Å². The van der Waals surface area contributed by atoms with Crippen LogP contribution in [0.3, 0.4) is 0 Å². The smallest absolute Gasteiger partial charge is 0.377 e. The largest absolute Gasteiger partial charge is 0.461 e. The Morgan fingerprint density at radius 2 is 2.00 bits per heavy atom. The third-order valence-corrected chi connectivity index (χ3v) is 3.94.